The van der Waals surface area contributed by atoms with E-state index in [1.807, 2.05) is 6.20 Å². The third-order valence-corrected chi connectivity index (χ3v) is 3.61. The molecule has 0 saturated heterocycles. The van der Waals surface area contributed by atoms with Crippen LogP contribution in [0.3, 0.4) is 0 Å². The molecule has 1 aliphatic heterocycles. The number of rotatable bonds is 4. The first-order chi connectivity index (χ1) is 9.76. The van der Waals surface area contributed by atoms with Gasteiger partial charge in [-0.15, -0.1) is 0 Å². The third-order valence-electron chi connectivity index (χ3n) is 3.61. The summed E-state index contributed by atoms with van der Waals surface area (Å²) in [5.41, 5.74) is 1.79. The van der Waals surface area contributed by atoms with Crippen molar-refractivity contribution in [3.8, 4) is 0 Å². The zero-order valence-electron chi connectivity index (χ0n) is 11.6. The summed E-state index contributed by atoms with van der Waals surface area (Å²) < 4.78 is 0. The molecule has 0 atom stereocenters. The first kappa shape index (κ1) is 13.1. The van der Waals surface area contributed by atoms with Crippen molar-refractivity contribution in [2.24, 2.45) is 0 Å². The second kappa shape index (κ2) is 5.58. The van der Waals surface area contributed by atoms with Gasteiger partial charge in [-0.2, -0.15) is 0 Å². The molecule has 2 aromatic rings. The minimum Gasteiger partial charge on any atom is -0.348 e. The lowest BCUT2D eigenvalue weighted by molar-refractivity contribution is 0.236. The molecule has 6 heteroatoms. The molecule has 2 aromatic heterocycles. The number of hydrogen-bond donors (Lipinski definition) is 2. The number of imidazole rings is 1. The van der Waals surface area contributed by atoms with Crippen molar-refractivity contribution in [1.29, 1.82) is 0 Å². The summed E-state index contributed by atoms with van der Waals surface area (Å²) in [6, 6.07) is 0. The zero-order chi connectivity index (χ0) is 13.9. The van der Waals surface area contributed by atoms with Crippen LogP contribution in [0.25, 0.3) is 0 Å². The molecule has 0 aliphatic carbocycles. The van der Waals surface area contributed by atoms with E-state index in [1.54, 1.807) is 6.20 Å². The smallest absolute Gasteiger partial charge is 0.255 e. The Morgan fingerprint density at radius 3 is 3.05 bits per heavy atom. The molecule has 3 heterocycles. The summed E-state index contributed by atoms with van der Waals surface area (Å²) in [4.78, 5) is 29.2. The Hall–Kier alpha value is -1.95. The maximum atomic E-state index is 12.2. The van der Waals surface area contributed by atoms with Crippen molar-refractivity contribution in [2.75, 3.05) is 6.54 Å². The van der Waals surface area contributed by atoms with Crippen LogP contribution in [0.2, 0.25) is 0 Å². The fourth-order valence-corrected chi connectivity index (χ4v) is 2.62. The number of aryl methyl sites for hydroxylation is 1. The molecular weight excluding hydrogens is 254 g/mol. The first-order valence-corrected chi connectivity index (χ1v) is 7.08. The van der Waals surface area contributed by atoms with Crippen LogP contribution in [0, 0.1) is 0 Å². The van der Waals surface area contributed by atoms with E-state index in [0.717, 1.165) is 55.3 Å². The van der Waals surface area contributed by atoms with Gasteiger partial charge >= 0.3 is 0 Å². The summed E-state index contributed by atoms with van der Waals surface area (Å²) in [7, 11) is 0. The summed E-state index contributed by atoms with van der Waals surface area (Å²) in [6.45, 7) is 4.38. The molecule has 0 saturated carbocycles. The average molecular weight is 273 g/mol. The number of hydrogen-bond acceptors (Lipinski definition) is 4. The van der Waals surface area contributed by atoms with Gasteiger partial charge < -0.3 is 9.97 Å². The van der Waals surface area contributed by atoms with Crippen molar-refractivity contribution in [3.05, 3.63) is 45.7 Å². The van der Waals surface area contributed by atoms with E-state index in [1.165, 1.54) is 0 Å². The Kier molecular flexibility index (Phi) is 3.64. The summed E-state index contributed by atoms with van der Waals surface area (Å²) in [6.07, 6.45) is 6.22. The summed E-state index contributed by atoms with van der Waals surface area (Å²) in [5, 5.41) is 0. The van der Waals surface area contributed by atoms with Crippen LogP contribution < -0.4 is 5.56 Å². The molecule has 20 heavy (non-hydrogen) atoms. The van der Waals surface area contributed by atoms with Crippen LogP contribution in [0.15, 0.2) is 17.2 Å². The number of nitrogens with zero attached hydrogens (tertiary/aromatic N) is 3. The molecule has 0 radical (unpaired) electrons. The van der Waals surface area contributed by atoms with Crippen LogP contribution in [0.4, 0.5) is 0 Å². The summed E-state index contributed by atoms with van der Waals surface area (Å²) >= 11 is 0. The van der Waals surface area contributed by atoms with Gasteiger partial charge in [-0.25, -0.2) is 9.97 Å². The fourth-order valence-electron chi connectivity index (χ4n) is 2.62. The molecule has 3 rings (SSSR count). The molecule has 2 N–H and O–H groups in total. The first-order valence-electron chi connectivity index (χ1n) is 7.08. The number of aromatic nitrogens is 4. The van der Waals surface area contributed by atoms with Crippen molar-refractivity contribution in [3.63, 3.8) is 0 Å². The van der Waals surface area contributed by atoms with Crippen molar-refractivity contribution in [2.45, 2.75) is 39.3 Å². The van der Waals surface area contributed by atoms with Crippen LogP contribution >= 0.6 is 0 Å². The third kappa shape index (κ3) is 2.65. The SMILES string of the molecule is CCCc1nc2c(c(=O)[nH]1)CN(Cc1ncc[nH]1)CC2. The van der Waals surface area contributed by atoms with E-state index in [9.17, 15) is 4.79 Å². The fraction of sp³-hybridized carbons (Fsp3) is 0.500. The Labute approximate surface area is 117 Å². The zero-order valence-corrected chi connectivity index (χ0v) is 11.6. The Morgan fingerprint density at radius 1 is 1.40 bits per heavy atom. The van der Waals surface area contributed by atoms with Crippen molar-refractivity contribution in [1.82, 2.24) is 24.8 Å². The van der Waals surface area contributed by atoms with Gasteiger partial charge in [0.1, 0.15) is 11.6 Å². The monoisotopic (exact) mass is 273 g/mol. The highest BCUT2D eigenvalue weighted by molar-refractivity contribution is 5.21. The molecule has 6 nitrogen and oxygen atoms in total. The normalized spacial score (nSPS) is 15.2. The number of aromatic amines is 2. The van der Waals surface area contributed by atoms with Crippen LogP contribution in [0.5, 0.6) is 0 Å². The molecule has 106 valence electrons. The standard InChI is InChI=1S/C14H19N5O/c1-2-3-12-17-11-4-7-19(8-10(11)14(20)18-12)9-13-15-5-6-16-13/h5-6H,2-4,7-9H2,1H3,(H,15,16)(H,17,18,20). The molecule has 0 bridgehead atoms. The van der Waals surface area contributed by atoms with Crippen molar-refractivity contribution >= 4 is 0 Å². The Morgan fingerprint density at radius 2 is 2.30 bits per heavy atom. The lowest BCUT2D eigenvalue weighted by Crippen LogP contribution is -2.36. The van der Waals surface area contributed by atoms with Gasteiger partial charge in [-0.05, 0) is 6.42 Å². The van der Waals surface area contributed by atoms with E-state index < -0.39 is 0 Å². The van der Waals surface area contributed by atoms with E-state index >= 15 is 0 Å². The predicted octanol–water partition coefficient (Wildman–Crippen LogP) is 1.00. The Balaban J connectivity index is 1.79. The Bertz CT molecular complexity index is 632. The van der Waals surface area contributed by atoms with Gasteiger partial charge in [-0.3, -0.25) is 9.69 Å². The minimum atomic E-state index is 0.0163. The maximum Gasteiger partial charge on any atom is 0.255 e. The second-order valence-electron chi connectivity index (χ2n) is 5.18. The quantitative estimate of drug-likeness (QED) is 0.871. The van der Waals surface area contributed by atoms with E-state index in [4.69, 9.17) is 0 Å². The van der Waals surface area contributed by atoms with Crippen LogP contribution in [-0.4, -0.2) is 31.4 Å². The largest absolute Gasteiger partial charge is 0.348 e. The molecule has 0 unspecified atom stereocenters. The molecular formula is C14H19N5O. The van der Waals surface area contributed by atoms with E-state index in [-0.39, 0.29) is 5.56 Å². The lowest BCUT2D eigenvalue weighted by Gasteiger charge is -2.26. The van der Waals surface area contributed by atoms with Gasteiger partial charge in [-0.1, -0.05) is 6.92 Å². The molecule has 0 aromatic carbocycles. The van der Waals surface area contributed by atoms with Gasteiger partial charge in [0.05, 0.1) is 17.8 Å². The van der Waals surface area contributed by atoms with Crippen LogP contribution in [-0.2, 0) is 25.9 Å². The predicted molar refractivity (Wildman–Crippen MR) is 75.3 cm³/mol. The van der Waals surface area contributed by atoms with Crippen molar-refractivity contribution < 1.29 is 0 Å². The van der Waals surface area contributed by atoms with E-state index in [2.05, 4.69) is 31.8 Å². The molecule has 0 amide bonds. The lowest BCUT2D eigenvalue weighted by atomic mass is 10.1. The number of nitrogens with one attached hydrogen (secondary N) is 2. The van der Waals surface area contributed by atoms with E-state index in [0.29, 0.717) is 6.54 Å². The van der Waals surface area contributed by atoms with Gasteiger partial charge in [0, 0.05) is 38.3 Å². The van der Waals surface area contributed by atoms with Gasteiger partial charge in [0.25, 0.3) is 5.56 Å². The maximum absolute atomic E-state index is 12.2. The number of fused-ring (bicyclic) bond motifs is 1. The van der Waals surface area contributed by atoms with Gasteiger partial charge in [0.15, 0.2) is 0 Å². The topological polar surface area (TPSA) is 77.7 Å². The minimum absolute atomic E-state index is 0.0163. The molecule has 0 fully saturated rings. The van der Waals surface area contributed by atoms with Crippen LogP contribution in [0.1, 0.15) is 36.3 Å². The molecule has 1 aliphatic rings. The van der Waals surface area contributed by atoms with Gasteiger partial charge in [0.2, 0.25) is 0 Å². The number of H-pyrrole nitrogens is 2. The second-order valence-corrected chi connectivity index (χ2v) is 5.18. The molecule has 0 spiro atoms. The summed E-state index contributed by atoms with van der Waals surface area (Å²) in [5.74, 6) is 1.75. The highest BCUT2D eigenvalue weighted by atomic mass is 16.1. The average Bonchev–Trinajstić information content (AvgIpc) is 2.93. The highest BCUT2D eigenvalue weighted by Gasteiger charge is 2.21. The highest BCUT2D eigenvalue weighted by Crippen LogP contribution is 2.15.